The molecule has 1 aliphatic heterocycles. The van der Waals surface area contributed by atoms with Crippen LogP contribution in [0.5, 0.6) is 0 Å². The van der Waals surface area contributed by atoms with Crippen LogP contribution in [-0.2, 0) is 4.79 Å². The van der Waals surface area contributed by atoms with Gasteiger partial charge in [0, 0.05) is 6.54 Å². The lowest BCUT2D eigenvalue weighted by Crippen LogP contribution is -2.31. The Morgan fingerprint density at radius 1 is 1.83 bits per heavy atom. The molecule has 0 atom stereocenters. The van der Waals surface area contributed by atoms with Crippen LogP contribution in [0.1, 0.15) is 6.92 Å². The Morgan fingerprint density at radius 2 is 2.58 bits per heavy atom. The second-order valence-electron chi connectivity index (χ2n) is 2.27. The second kappa shape index (κ2) is 3.70. The third kappa shape index (κ3) is 2.22. The molecule has 0 saturated heterocycles. The Balaban J connectivity index is 2.42. The number of aliphatic carboxylic acids is 1. The Morgan fingerprint density at radius 3 is 3.08 bits per heavy atom. The van der Waals surface area contributed by atoms with Gasteiger partial charge in [-0.05, 0) is 6.92 Å². The molecule has 0 amide bonds. The highest BCUT2D eigenvalue weighted by Crippen LogP contribution is 1.81. The Labute approximate surface area is 69.4 Å². The molecule has 0 bridgehead atoms. The number of nitrogens with one attached hydrogen (secondary N) is 2. The molecule has 0 saturated carbocycles. The van der Waals surface area contributed by atoms with Gasteiger partial charge in [-0.2, -0.15) is 5.10 Å². The second-order valence-corrected chi connectivity index (χ2v) is 2.27. The largest absolute Gasteiger partial charge is 0.477 e. The van der Waals surface area contributed by atoms with Crippen LogP contribution in [0.2, 0.25) is 0 Å². The number of aliphatic imine (C=N–C) groups is 1. The molecule has 1 rings (SSSR count). The molecule has 0 aliphatic carbocycles. The van der Waals surface area contributed by atoms with Crippen molar-refractivity contribution in [1.82, 2.24) is 10.7 Å². The van der Waals surface area contributed by atoms with Gasteiger partial charge in [0.05, 0.1) is 6.54 Å². The Bertz CT molecular complexity index is 246. The van der Waals surface area contributed by atoms with E-state index >= 15 is 0 Å². The van der Waals surface area contributed by atoms with Crippen molar-refractivity contribution in [2.75, 3.05) is 13.1 Å². The highest BCUT2D eigenvalue weighted by Gasteiger charge is 2.04. The smallest absolute Gasteiger partial charge is 0.351 e. The maximum atomic E-state index is 10.3. The quantitative estimate of drug-likeness (QED) is 0.366. The van der Waals surface area contributed by atoms with Crippen molar-refractivity contribution in [3.8, 4) is 0 Å². The van der Waals surface area contributed by atoms with E-state index in [4.69, 9.17) is 5.11 Å². The van der Waals surface area contributed by atoms with Crippen molar-refractivity contribution in [2.45, 2.75) is 6.92 Å². The summed E-state index contributed by atoms with van der Waals surface area (Å²) >= 11 is 0. The molecule has 0 unspecified atom stereocenters. The number of rotatable bonds is 2. The predicted octanol–water partition coefficient (Wildman–Crippen LogP) is -1.00. The average molecular weight is 170 g/mol. The fourth-order valence-electron chi connectivity index (χ4n) is 0.657. The summed E-state index contributed by atoms with van der Waals surface area (Å²) in [4.78, 5) is 14.2. The Hall–Kier alpha value is -1.59. The lowest BCUT2D eigenvalue weighted by atomic mass is 10.4. The van der Waals surface area contributed by atoms with Crippen molar-refractivity contribution in [3.05, 3.63) is 0 Å². The van der Waals surface area contributed by atoms with Crippen molar-refractivity contribution in [1.29, 1.82) is 0 Å². The molecular formula is C6H10N4O2. The highest BCUT2D eigenvalue weighted by molar-refractivity contribution is 6.34. The molecule has 3 N–H and O–H groups in total. The minimum absolute atomic E-state index is 0.00593. The number of carboxylic acid groups (broad SMARTS) is 1. The molecule has 0 radical (unpaired) electrons. The third-order valence-corrected chi connectivity index (χ3v) is 1.31. The van der Waals surface area contributed by atoms with Crippen molar-refractivity contribution in [2.24, 2.45) is 10.1 Å². The first-order chi connectivity index (χ1) is 5.70. The van der Waals surface area contributed by atoms with Gasteiger partial charge in [0.2, 0.25) is 5.96 Å². The van der Waals surface area contributed by atoms with E-state index in [1.54, 1.807) is 0 Å². The number of nitrogens with zero attached hydrogens (tertiary/aromatic N) is 2. The van der Waals surface area contributed by atoms with Crippen LogP contribution in [0.25, 0.3) is 0 Å². The standard InChI is InChI=1S/C6H10N4O2/c1-4(5(11)12)9-10-6-7-2-3-8-6/h2-3H2,1H3,(H,11,12)(H2,7,8,10)/b9-4+. The average Bonchev–Trinajstić information content (AvgIpc) is 2.51. The third-order valence-electron chi connectivity index (χ3n) is 1.31. The minimum Gasteiger partial charge on any atom is -0.477 e. The van der Waals surface area contributed by atoms with E-state index in [-0.39, 0.29) is 5.71 Å². The van der Waals surface area contributed by atoms with Crippen LogP contribution < -0.4 is 10.7 Å². The van der Waals surface area contributed by atoms with Gasteiger partial charge in [0.15, 0.2) is 0 Å². The molecule has 12 heavy (non-hydrogen) atoms. The van der Waals surface area contributed by atoms with Crippen molar-refractivity contribution >= 4 is 17.6 Å². The Kier molecular flexibility index (Phi) is 2.62. The van der Waals surface area contributed by atoms with Gasteiger partial charge < -0.3 is 10.4 Å². The number of hydrogen-bond donors (Lipinski definition) is 3. The van der Waals surface area contributed by atoms with E-state index in [1.807, 2.05) is 0 Å². The van der Waals surface area contributed by atoms with Crippen LogP contribution in [0.4, 0.5) is 0 Å². The normalized spacial score (nSPS) is 16.8. The number of guanidine groups is 1. The van der Waals surface area contributed by atoms with Crippen LogP contribution in [-0.4, -0.2) is 35.8 Å². The zero-order valence-corrected chi connectivity index (χ0v) is 6.66. The zero-order chi connectivity index (χ0) is 8.97. The zero-order valence-electron chi connectivity index (χ0n) is 6.66. The lowest BCUT2D eigenvalue weighted by molar-refractivity contribution is -0.129. The molecule has 0 aromatic carbocycles. The molecule has 6 heteroatoms. The van der Waals surface area contributed by atoms with Gasteiger partial charge >= 0.3 is 5.97 Å². The predicted molar refractivity (Wildman–Crippen MR) is 44.2 cm³/mol. The molecule has 0 aromatic heterocycles. The van der Waals surface area contributed by atoms with Crippen LogP contribution in [0.3, 0.4) is 0 Å². The monoisotopic (exact) mass is 170 g/mol. The van der Waals surface area contributed by atoms with Gasteiger partial charge in [-0.15, -0.1) is 0 Å². The summed E-state index contributed by atoms with van der Waals surface area (Å²) in [6.45, 7) is 2.87. The molecule has 1 heterocycles. The molecule has 0 aromatic rings. The molecule has 66 valence electrons. The first-order valence-corrected chi connectivity index (χ1v) is 3.52. The van der Waals surface area contributed by atoms with Crippen molar-refractivity contribution in [3.63, 3.8) is 0 Å². The van der Waals surface area contributed by atoms with Gasteiger partial charge in [-0.1, -0.05) is 0 Å². The van der Waals surface area contributed by atoms with Gasteiger partial charge in [0.25, 0.3) is 0 Å². The van der Waals surface area contributed by atoms with Crippen LogP contribution >= 0.6 is 0 Å². The van der Waals surface area contributed by atoms with Crippen LogP contribution in [0, 0.1) is 0 Å². The maximum absolute atomic E-state index is 10.3. The van der Waals surface area contributed by atoms with Gasteiger partial charge in [0.1, 0.15) is 5.71 Å². The number of carboxylic acids is 1. The minimum atomic E-state index is -1.04. The maximum Gasteiger partial charge on any atom is 0.351 e. The van der Waals surface area contributed by atoms with E-state index in [0.717, 1.165) is 6.54 Å². The van der Waals surface area contributed by atoms with Crippen molar-refractivity contribution < 1.29 is 9.90 Å². The highest BCUT2D eigenvalue weighted by atomic mass is 16.4. The lowest BCUT2D eigenvalue weighted by Gasteiger charge is -1.99. The number of hydrogen-bond acceptors (Lipinski definition) is 5. The summed E-state index contributed by atoms with van der Waals surface area (Å²) in [5.74, 6) is -0.517. The topological polar surface area (TPSA) is 86.1 Å². The molecule has 6 nitrogen and oxygen atoms in total. The molecular weight excluding hydrogens is 160 g/mol. The summed E-state index contributed by atoms with van der Waals surface area (Å²) in [6.07, 6.45) is 0. The number of hydrazone groups is 1. The van der Waals surface area contributed by atoms with Gasteiger partial charge in [-0.3, -0.25) is 0 Å². The van der Waals surface area contributed by atoms with E-state index < -0.39 is 5.97 Å². The van der Waals surface area contributed by atoms with Crippen LogP contribution in [0.15, 0.2) is 10.1 Å². The fraction of sp³-hybridized carbons (Fsp3) is 0.500. The molecule has 1 aliphatic rings. The molecule has 0 fully saturated rings. The van der Waals surface area contributed by atoms with E-state index in [0.29, 0.717) is 12.5 Å². The van der Waals surface area contributed by atoms with E-state index in [2.05, 4.69) is 20.8 Å². The summed E-state index contributed by atoms with van der Waals surface area (Å²) < 4.78 is 0. The van der Waals surface area contributed by atoms with E-state index in [9.17, 15) is 4.79 Å². The SMILES string of the molecule is C/C(=N\NC1=NCCN1)C(=O)O. The number of carbonyl (C=O) groups is 1. The first kappa shape index (κ1) is 8.51. The van der Waals surface area contributed by atoms with E-state index in [1.165, 1.54) is 6.92 Å². The summed E-state index contributed by atoms with van der Waals surface area (Å²) in [5.41, 5.74) is 2.51. The summed E-state index contributed by atoms with van der Waals surface area (Å²) in [5, 5.41) is 14.9. The molecule has 0 spiro atoms. The van der Waals surface area contributed by atoms with Gasteiger partial charge in [-0.25, -0.2) is 15.2 Å². The summed E-state index contributed by atoms with van der Waals surface area (Å²) in [6, 6.07) is 0. The first-order valence-electron chi connectivity index (χ1n) is 3.52. The summed E-state index contributed by atoms with van der Waals surface area (Å²) in [7, 11) is 0. The fourth-order valence-corrected chi connectivity index (χ4v) is 0.657.